The number of carbonyl (C=O) groups is 1. The van der Waals surface area contributed by atoms with E-state index in [0.717, 1.165) is 27.7 Å². The highest BCUT2D eigenvalue weighted by atomic mass is 32.2. The highest BCUT2D eigenvalue weighted by Crippen LogP contribution is 2.42. The molecule has 1 saturated carbocycles. The van der Waals surface area contributed by atoms with E-state index in [1.165, 1.54) is 0 Å². The molecule has 0 amide bonds. The first-order valence-corrected chi connectivity index (χ1v) is 9.57. The maximum absolute atomic E-state index is 12.1. The van der Waals surface area contributed by atoms with Gasteiger partial charge >= 0.3 is 0 Å². The Morgan fingerprint density at radius 1 is 1.23 bits per heavy atom. The van der Waals surface area contributed by atoms with Crippen molar-refractivity contribution in [3.8, 4) is 11.5 Å². The largest absolute Gasteiger partial charge is 0.454 e. The van der Waals surface area contributed by atoms with Crippen LogP contribution in [-0.2, 0) is 4.79 Å². The molecule has 5 heteroatoms. The smallest absolute Gasteiger partial charge is 0.231 e. The molecular weight excluding hydrogens is 316 g/mol. The number of benzene rings is 1. The molecular formula is C17H18O3S2. The Kier molecular flexibility index (Phi) is 4.84. The van der Waals surface area contributed by atoms with Gasteiger partial charge in [0.25, 0.3) is 0 Å². The molecule has 22 heavy (non-hydrogen) atoms. The van der Waals surface area contributed by atoms with E-state index in [4.69, 9.17) is 9.47 Å². The fraction of sp³-hybridized carbons (Fsp3) is 0.353. The van der Waals surface area contributed by atoms with Gasteiger partial charge < -0.3 is 9.47 Å². The number of ketones is 1. The molecule has 3 rings (SSSR count). The number of hydrogen-bond donors (Lipinski definition) is 0. The fourth-order valence-electron chi connectivity index (χ4n) is 2.43. The van der Waals surface area contributed by atoms with Gasteiger partial charge in [0.1, 0.15) is 0 Å². The summed E-state index contributed by atoms with van der Waals surface area (Å²) in [5, 5.41) is 0. The first-order valence-electron chi connectivity index (χ1n) is 7.12. The Morgan fingerprint density at radius 3 is 2.77 bits per heavy atom. The van der Waals surface area contributed by atoms with E-state index in [1.54, 1.807) is 29.6 Å². The summed E-state index contributed by atoms with van der Waals surface area (Å²) in [6.45, 7) is 0.293. The van der Waals surface area contributed by atoms with Crippen LogP contribution in [0.3, 0.4) is 0 Å². The Balaban J connectivity index is 1.59. The van der Waals surface area contributed by atoms with Crippen molar-refractivity contribution >= 4 is 35.4 Å². The predicted octanol–water partition coefficient (Wildman–Crippen LogP) is 4.20. The number of allylic oxidation sites excluding steroid dienone is 2. The molecule has 0 N–H and O–H groups in total. The van der Waals surface area contributed by atoms with Gasteiger partial charge in [-0.15, -0.1) is 23.5 Å². The third kappa shape index (κ3) is 3.52. The first kappa shape index (κ1) is 15.6. The standard InChI is InChI=1S/C17H18O3S2/c1-21-17(22-2)9-14(18)13-8-12(13)5-3-11-4-6-15-16(7-11)20-10-19-15/h3-7,9,12-13H,8,10H2,1-2H3/b5-3+. The number of fused-ring (bicyclic) bond motifs is 1. The van der Waals surface area contributed by atoms with E-state index in [-0.39, 0.29) is 11.7 Å². The second kappa shape index (κ2) is 6.84. The molecule has 2 aliphatic rings. The molecule has 3 nitrogen and oxygen atoms in total. The normalized spacial score (nSPS) is 21.9. The zero-order valence-corrected chi connectivity index (χ0v) is 14.2. The molecule has 0 spiro atoms. The first-order chi connectivity index (χ1) is 10.7. The topological polar surface area (TPSA) is 35.5 Å². The second-order valence-corrected chi connectivity index (χ2v) is 7.21. The van der Waals surface area contributed by atoms with Gasteiger partial charge in [0, 0.05) is 16.2 Å². The molecule has 0 aromatic heterocycles. The van der Waals surface area contributed by atoms with Crippen LogP contribution in [0.1, 0.15) is 12.0 Å². The van der Waals surface area contributed by atoms with E-state index in [1.807, 2.05) is 30.7 Å². The van der Waals surface area contributed by atoms with E-state index in [2.05, 4.69) is 12.2 Å². The molecule has 1 aromatic rings. The summed E-state index contributed by atoms with van der Waals surface area (Å²) in [5.74, 6) is 2.35. The van der Waals surface area contributed by atoms with Gasteiger partial charge in [0.15, 0.2) is 17.3 Å². The molecule has 0 saturated heterocycles. The molecule has 2 unspecified atom stereocenters. The van der Waals surface area contributed by atoms with Crippen LogP contribution in [0.25, 0.3) is 6.08 Å². The summed E-state index contributed by atoms with van der Waals surface area (Å²) in [5.41, 5.74) is 1.08. The van der Waals surface area contributed by atoms with E-state index in [9.17, 15) is 4.79 Å². The minimum atomic E-state index is 0.152. The van der Waals surface area contributed by atoms with Crippen LogP contribution in [0.4, 0.5) is 0 Å². The average Bonchev–Trinajstić information content (AvgIpc) is 3.18. The van der Waals surface area contributed by atoms with Crippen LogP contribution in [0.5, 0.6) is 11.5 Å². The minimum Gasteiger partial charge on any atom is -0.454 e. The molecule has 1 fully saturated rings. The maximum Gasteiger partial charge on any atom is 0.231 e. The number of thioether (sulfide) groups is 2. The van der Waals surface area contributed by atoms with Crippen molar-refractivity contribution in [3.63, 3.8) is 0 Å². The Morgan fingerprint density at radius 2 is 2.00 bits per heavy atom. The van der Waals surface area contributed by atoms with Gasteiger partial charge in [-0.3, -0.25) is 4.79 Å². The van der Waals surface area contributed by atoms with Crippen LogP contribution in [0, 0.1) is 11.8 Å². The summed E-state index contributed by atoms with van der Waals surface area (Å²) in [4.78, 5) is 12.1. The van der Waals surface area contributed by atoms with Crippen molar-refractivity contribution in [2.45, 2.75) is 6.42 Å². The van der Waals surface area contributed by atoms with Gasteiger partial charge in [0.2, 0.25) is 6.79 Å². The lowest BCUT2D eigenvalue weighted by atomic mass is 10.1. The van der Waals surface area contributed by atoms with Crippen LogP contribution in [-0.4, -0.2) is 25.1 Å². The highest BCUT2D eigenvalue weighted by molar-refractivity contribution is 8.21. The lowest BCUT2D eigenvalue weighted by Gasteiger charge is -1.98. The molecule has 116 valence electrons. The zero-order chi connectivity index (χ0) is 15.5. The number of hydrogen-bond acceptors (Lipinski definition) is 5. The molecule has 0 radical (unpaired) electrons. The van der Waals surface area contributed by atoms with Crippen molar-refractivity contribution < 1.29 is 14.3 Å². The van der Waals surface area contributed by atoms with Crippen molar-refractivity contribution in [3.05, 3.63) is 40.2 Å². The predicted molar refractivity (Wildman–Crippen MR) is 93.3 cm³/mol. The number of ether oxygens (including phenoxy) is 2. The van der Waals surface area contributed by atoms with E-state index >= 15 is 0 Å². The van der Waals surface area contributed by atoms with Gasteiger partial charge in [-0.2, -0.15) is 0 Å². The molecule has 1 aliphatic heterocycles. The maximum atomic E-state index is 12.1. The van der Waals surface area contributed by atoms with Crippen LogP contribution >= 0.6 is 23.5 Å². The summed E-state index contributed by atoms with van der Waals surface area (Å²) in [6, 6.07) is 5.89. The second-order valence-electron chi connectivity index (χ2n) is 5.25. The Bertz CT molecular complexity index is 631. The highest BCUT2D eigenvalue weighted by Gasteiger charge is 2.39. The average molecular weight is 334 g/mol. The van der Waals surface area contributed by atoms with Gasteiger partial charge in [-0.05, 0) is 42.5 Å². The monoisotopic (exact) mass is 334 g/mol. The zero-order valence-electron chi connectivity index (χ0n) is 12.6. The van der Waals surface area contributed by atoms with E-state index < -0.39 is 0 Å². The third-order valence-electron chi connectivity index (χ3n) is 3.80. The summed E-state index contributed by atoms with van der Waals surface area (Å²) < 4.78 is 11.7. The molecule has 2 atom stereocenters. The van der Waals surface area contributed by atoms with Crippen molar-refractivity contribution in [1.29, 1.82) is 0 Å². The van der Waals surface area contributed by atoms with Crippen molar-refractivity contribution in [2.75, 3.05) is 19.3 Å². The molecule has 1 heterocycles. The van der Waals surface area contributed by atoms with Gasteiger partial charge in [-0.1, -0.05) is 18.2 Å². The van der Waals surface area contributed by atoms with Crippen LogP contribution < -0.4 is 9.47 Å². The molecule has 1 aromatic carbocycles. The van der Waals surface area contributed by atoms with Crippen LogP contribution in [0.15, 0.2) is 34.6 Å². The number of rotatable bonds is 6. The SMILES string of the molecule is CSC(=CC(=O)C1CC1/C=C/c1ccc2c(c1)OCO2)SC. The minimum absolute atomic E-state index is 0.152. The Hall–Kier alpha value is -1.33. The summed E-state index contributed by atoms with van der Waals surface area (Å²) >= 11 is 3.25. The summed E-state index contributed by atoms with van der Waals surface area (Å²) in [6.07, 6.45) is 10.9. The van der Waals surface area contributed by atoms with Crippen molar-refractivity contribution in [2.24, 2.45) is 11.8 Å². The van der Waals surface area contributed by atoms with Gasteiger partial charge in [0.05, 0.1) is 0 Å². The quantitative estimate of drug-likeness (QED) is 0.729. The van der Waals surface area contributed by atoms with Gasteiger partial charge in [-0.25, -0.2) is 0 Å². The Labute approximate surface area is 139 Å². The third-order valence-corrected chi connectivity index (χ3v) is 5.84. The van der Waals surface area contributed by atoms with Crippen molar-refractivity contribution in [1.82, 2.24) is 0 Å². The lowest BCUT2D eigenvalue weighted by molar-refractivity contribution is -0.115. The fourth-order valence-corrected chi connectivity index (χ4v) is 3.57. The molecule has 0 bridgehead atoms. The molecule has 1 aliphatic carbocycles. The summed E-state index contributed by atoms with van der Waals surface area (Å²) in [7, 11) is 0. The lowest BCUT2D eigenvalue weighted by Crippen LogP contribution is -1.97. The number of carbonyl (C=O) groups excluding carboxylic acids is 1. The van der Waals surface area contributed by atoms with Crippen LogP contribution in [0.2, 0.25) is 0 Å². The van der Waals surface area contributed by atoms with E-state index in [0.29, 0.717) is 12.7 Å².